The quantitative estimate of drug-likeness (QED) is 0.431. The lowest BCUT2D eigenvalue weighted by Gasteiger charge is -2.12. The molecule has 0 fully saturated rings. The van der Waals surface area contributed by atoms with Crippen LogP contribution in [0.1, 0.15) is 18.1 Å². The molecule has 1 atom stereocenters. The Morgan fingerprint density at radius 3 is 2.68 bits per heavy atom. The van der Waals surface area contributed by atoms with Gasteiger partial charge in [-0.3, -0.25) is 4.79 Å². The zero-order valence-electron chi connectivity index (χ0n) is 15.4. The van der Waals surface area contributed by atoms with Gasteiger partial charge in [0.05, 0.1) is 11.6 Å². The number of amides is 1. The highest BCUT2D eigenvalue weighted by molar-refractivity contribution is 5.96. The molecule has 0 unspecified atom stereocenters. The highest BCUT2D eigenvalue weighted by Gasteiger charge is 2.16. The van der Waals surface area contributed by atoms with Gasteiger partial charge in [0.25, 0.3) is 5.91 Å². The highest BCUT2D eigenvalue weighted by atomic mass is 16.5. The van der Waals surface area contributed by atoms with Crippen LogP contribution in [0.2, 0.25) is 0 Å². The molecule has 0 heterocycles. The van der Waals surface area contributed by atoms with E-state index in [0.717, 1.165) is 5.56 Å². The first kappa shape index (κ1) is 20.5. The fraction of sp³-hybridized carbons (Fsp3) is 0.136. The molecule has 0 aliphatic rings. The van der Waals surface area contributed by atoms with Crippen LogP contribution in [0.5, 0.6) is 5.75 Å². The Hall–Kier alpha value is -3.85. The fourth-order valence-corrected chi connectivity index (χ4v) is 2.17. The second-order valence-electron chi connectivity index (χ2n) is 5.76. The van der Waals surface area contributed by atoms with Crippen LogP contribution >= 0.6 is 0 Å². The Morgan fingerprint density at radius 2 is 2.00 bits per heavy atom. The van der Waals surface area contributed by atoms with Gasteiger partial charge in [0.2, 0.25) is 0 Å². The number of nitrogens with one attached hydrogen (secondary N) is 1. The van der Waals surface area contributed by atoms with Crippen LogP contribution in [0.4, 0.5) is 5.69 Å². The number of hydrogen-bond donors (Lipinski definition) is 1. The molecule has 0 radical (unpaired) electrons. The first-order valence-electron chi connectivity index (χ1n) is 8.55. The molecule has 0 bridgehead atoms. The molecule has 1 N–H and O–H groups in total. The van der Waals surface area contributed by atoms with Crippen molar-refractivity contribution >= 4 is 23.6 Å². The molecular weight excluding hydrogens is 356 g/mol. The zero-order chi connectivity index (χ0) is 20.4. The van der Waals surface area contributed by atoms with Crippen molar-refractivity contribution in [3.63, 3.8) is 0 Å². The summed E-state index contributed by atoms with van der Waals surface area (Å²) in [7, 11) is 0. The number of esters is 1. The first-order valence-corrected chi connectivity index (χ1v) is 8.55. The van der Waals surface area contributed by atoms with E-state index in [1.807, 2.05) is 6.07 Å². The number of carbonyl (C=O) groups is 2. The second kappa shape index (κ2) is 10.3. The van der Waals surface area contributed by atoms with Gasteiger partial charge >= 0.3 is 5.97 Å². The standard InChI is InChI=1S/C22H20N2O4/c1-3-13-27-20-10-7-17(8-11-20)9-12-21(25)28-16(2)22(26)24-19-6-4-5-18(14-19)15-23/h3-12,14,16H,1,13H2,2H3,(H,24,26)/b12-9+/t16-/m0/s1. The van der Waals surface area contributed by atoms with Gasteiger partial charge in [-0.05, 0) is 48.9 Å². The number of anilines is 1. The molecule has 0 saturated carbocycles. The van der Waals surface area contributed by atoms with Crippen LogP contribution in [0, 0.1) is 11.3 Å². The number of ether oxygens (including phenoxy) is 2. The van der Waals surface area contributed by atoms with Crippen molar-refractivity contribution in [2.75, 3.05) is 11.9 Å². The molecular formula is C22H20N2O4. The topological polar surface area (TPSA) is 88.4 Å². The summed E-state index contributed by atoms with van der Waals surface area (Å²) in [5.41, 5.74) is 1.67. The van der Waals surface area contributed by atoms with Crippen molar-refractivity contribution in [2.45, 2.75) is 13.0 Å². The Bertz CT molecular complexity index is 911. The largest absolute Gasteiger partial charge is 0.490 e. The minimum Gasteiger partial charge on any atom is -0.490 e. The third-order valence-electron chi connectivity index (χ3n) is 3.58. The number of benzene rings is 2. The number of nitriles is 1. The predicted octanol–water partition coefficient (Wildman–Crippen LogP) is 3.71. The van der Waals surface area contributed by atoms with E-state index in [1.54, 1.807) is 54.6 Å². The third kappa shape index (κ3) is 6.46. The summed E-state index contributed by atoms with van der Waals surface area (Å²) >= 11 is 0. The fourth-order valence-electron chi connectivity index (χ4n) is 2.17. The first-order chi connectivity index (χ1) is 13.5. The molecule has 6 heteroatoms. The summed E-state index contributed by atoms with van der Waals surface area (Å²) in [5.74, 6) is -0.425. The highest BCUT2D eigenvalue weighted by Crippen LogP contribution is 2.14. The molecule has 6 nitrogen and oxygen atoms in total. The van der Waals surface area contributed by atoms with Gasteiger partial charge in [-0.2, -0.15) is 5.26 Å². The van der Waals surface area contributed by atoms with Crippen LogP contribution in [0.15, 0.2) is 67.3 Å². The molecule has 0 aliphatic heterocycles. The summed E-state index contributed by atoms with van der Waals surface area (Å²) in [6.45, 7) is 5.47. The lowest BCUT2D eigenvalue weighted by molar-refractivity contribution is -0.148. The Labute approximate surface area is 163 Å². The van der Waals surface area contributed by atoms with E-state index in [9.17, 15) is 9.59 Å². The van der Waals surface area contributed by atoms with Crippen LogP contribution in [0.3, 0.4) is 0 Å². The molecule has 0 aliphatic carbocycles. The van der Waals surface area contributed by atoms with Crippen molar-refractivity contribution in [3.05, 3.63) is 78.4 Å². The van der Waals surface area contributed by atoms with Gasteiger partial charge in [0, 0.05) is 11.8 Å². The summed E-state index contributed by atoms with van der Waals surface area (Å²) in [6, 6.07) is 15.6. The molecule has 2 aromatic carbocycles. The van der Waals surface area contributed by atoms with Crippen molar-refractivity contribution in [2.24, 2.45) is 0 Å². The van der Waals surface area contributed by atoms with Gasteiger partial charge in [-0.25, -0.2) is 4.79 Å². The van der Waals surface area contributed by atoms with E-state index in [4.69, 9.17) is 14.7 Å². The SMILES string of the molecule is C=CCOc1ccc(/C=C/C(=O)O[C@@H](C)C(=O)Nc2cccc(C#N)c2)cc1. The van der Waals surface area contributed by atoms with Crippen molar-refractivity contribution < 1.29 is 19.1 Å². The van der Waals surface area contributed by atoms with Gasteiger partial charge < -0.3 is 14.8 Å². The monoisotopic (exact) mass is 376 g/mol. The van der Waals surface area contributed by atoms with Crippen molar-refractivity contribution in [1.82, 2.24) is 0 Å². The van der Waals surface area contributed by atoms with E-state index in [-0.39, 0.29) is 0 Å². The Kier molecular flexibility index (Phi) is 7.55. The molecule has 2 rings (SSSR count). The number of rotatable bonds is 8. The molecule has 0 spiro atoms. The molecule has 0 saturated heterocycles. The average Bonchev–Trinajstić information content (AvgIpc) is 2.71. The Balaban J connectivity index is 1.87. The Morgan fingerprint density at radius 1 is 1.25 bits per heavy atom. The van der Waals surface area contributed by atoms with Gasteiger partial charge in [-0.1, -0.05) is 30.9 Å². The lowest BCUT2D eigenvalue weighted by Crippen LogP contribution is -2.29. The smallest absolute Gasteiger partial charge is 0.331 e. The number of carbonyl (C=O) groups excluding carboxylic acids is 2. The summed E-state index contributed by atoms with van der Waals surface area (Å²) in [6.07, 6.45) is 3.50. The molecule has 0 aromatic heterocycles. The van der Waals surface area contributed by atoms with E-state index >= 15 is 0 Å². The van der Waals surface area contributed by atoms with Gasteiger partial charge in [0.1, 0.15) is 12.4 Å². The minimum atomic E-state index is -0.988. The maximum atomic E-state index is 12.1. The van der Waals surface area contributed by atoms with E-state index in [2.05, 4.69) is 11.9 Å². The predicted molar refractivity (Wildman–Crippen MR) is 107 cm³/mol. The maximum Gasteiger partial charge on any atom is 0.331 e. The molecule has 28 heavy (non-hydrogen) atoms. The van der Waals surface area contributed by atoms with E-state index in [0.29, 0.717) is 23.6 Å². The van der Waals surface area contributed by atoms with Crippen LogP contribution in [0.25, 0.3) is 6.08 Å². The van der Waals surface area contributed by atoms with Crippen molar-refractivity contribution in [1.29, 1.82) is 5.26 Å². The maximum absolute atomic E-state index is 12.1. The van der Waals surface area contributed by atoms with Crippen LogP contribution in [-0.2, 0) is 14.3 Å². The van der Waals surface area contributed by atoms with E-state index < -0.39 is 18.0 Å². The number of nitrogens with zero attached hydrogens (tertiary/aromatic N) is 1. The number of hydrogen-bond acceptors (Lipinski definition) is 5. The summed E-state index contributed by atoms with van der Waals surface area (Å²) < 4.78 is 10.5. The van der Waals surface area contributed by atoms with Crippen LogP contribution in [-0.4, -0.2) is 24.6 Å². The molecule has 1 amide bonds. The van der Waals surface area contributed by atoms with Crippen molar-refractivity contribution in [3.8, 4) is 11.8 Å². The van der Waals surface area contributed by atoms with Crippen LogP contribution < -0.4 is 10.1 Å². The van der Waals surface area contributed by atoms with Gasteiger partial charge in [-0.15, -0.1) is 0 Å². The third-order valence-corrected chi connectivity index (χ3v) is 3.58. The normalized spacial score (nSPS) is 11.3. The molecule has 142 valence electrons. The molecule has 2 aromatic rings. The minimum absolute atomic E-state index is 0.419. The lowest BCUT2D eigenvalue weighted by atomic mass is 10.2. The zero-order valence-corrected chi connectivity index (χ0v) is 15.4. The second-order valence-corrected chi connectivity index (χ2v) is 5.76. The van der Waals surface area contributed by atoms with Gasteiger partial charge in [0.15, 0.2) is 6.10 Å². The summed E-state index contributed by atoms with van der Waals surface area (Å²) in [5, 5.41) is 11.5. The average molecular weight is 376 g/mol. The van der Waals surface area contributed by atoms with E-state index in [1.165, 1.54) is 19.1 Å². The summed E-state index contributed by atoms with van der Waals surface area (Å²) in [4.78, 5) is 24.1.